The van der Waals surface area contributed by atoms with Crippen molar-refractivity contribution in [2.75, 3.05) is 11.5 Å². The lowest BCUT2D eigenvalue weighted by Gasteiger charge is -2.20. The summed E-state index contributed by atoms with van der Waals surface area (Å²) in [6.07, 6.45) is -4.64. The van der Waals surface area contributed by atoms with Gasteiger partial charge in [-0.1, -0.05) is 19.1 Å². The van der Waals surface area contributed by atoms with E-state index >= 15 is 0 Å². The van der Waals surface area contributed by atoms with Crippen LogP contribution in [0, 0.1) is 0 Å². The minimum absolute atomic E-state index is 0.0855. The van der Waals surface area contributed by atoms with Crippen molar-refractivity contribution in [2.45, 2.75) is 39.2 Å². The molecule has 0 amide bonds. The number of thioether (sulfide) groups is 1. The van der Waals surface area contributed by atoms with Gasteiger partial charge in [0, 0.05) is 17.8 Å². The zero-order valence-electron chi connectivity index (χ0n) is 11.8. The number of nitrogens with one attached hydrogen (secondary N) is 1. The molecule has 6 heteroatoms. The molecule has 0 aromatic heterocycles. The van der Waals surface area contributed by atoms with Gasteiger partial charge in [0.2, 0.25) is 0 Å². The summed E-state index contributed by atoms with van der Waals surface area (Å²) < 4.78 is 40.0. The van der Waals surface area contributed by atoms with Crippen molar-refractivity contribution in [3.05, 3.63) is 29.8 Å². The molecule has 0 aliphatic rings. The third-order valence-electron chi connectivity index (χ3n) is 2.72. The molecule has 2 nitrogen and oxygen atoms in total. The Balaban J connectivity index is 2.55. The first-order valence-electron chi connectivity index (χ1n) is 6.51. The molecule has 0 heterocycles. The van der Waals surface area contributed by atoms with E-state index in [9.17, 15) is 13.2 Å². The molecule has 2 unspecified atom stereocenters. The van der Waals surface area contributed by atoms with Crippen LogP contribution >= 0.6 is 11.8 Å². The second-order valence-electron chi connectivity index (χ2n) is 4.57. The summed E-state index contributed by atoms with van der Waals surface area (Å²) in [5.41, 5.74) is 0.938. The van der Waals surface area contributed by atoms with Gasteiger partial charge in [-0.15, -0.1) is 13.2 Å². The Morgan fingerprint density at radius 2 is 1.80 bits per heavy atom. The molecule has 114 valence electrons. The van der Waals surface area contributed by atoms with Crippen LogP contribution in [0.4, 0.5) is 13.2 Å². The molecule has 0 saturated heterocycles. The van der Waals surface area contributed by atoms with Crippen molar-refractivity contribution in [2.24, 2.45) is 0 Å². The molecule has 1 N–H and O–H groups in total. The Labute approximate surface area is 122 Å². The highest BCUT2D eigenvalue weighted by atomic mass is 32.2. The van der Waals surface area contributed by atoms with Gasteiger partial charge in [0.1, 0.15) is 5.75 Å². The van der Waals surface area contributed by atoms with Crippen LogP contribution in [0.5, 0.6) is 5.75 Å². The van der Waals surface area contributed by atoms with Crippen molar-refractivity contribution >= 4 is 11.8 Å². The predicted molar refractivity (Wildman–Crippen MR) is 77.1 cm³/mol. The fourth-order valence-corrected chi connectivity index (χ4v) is 2.51. The van der Waals surface area contributed by atoms with E-state index in [1.807, 2.05) is 18.7 Å². The summed E-state index contributed by atoms with van der Waals surface area (Å²) in [5.74, 6) is 1.89. The Morgan fingerprint density at radius 1 is 1.20 bits per heavy atom. The maximum atomic E-state index is 12.1. The third-order valence-corrected chi connectivity index (χ3v) is 3.86. The highest BCUT2D eigenvalue weighted by Gasteiger charge is 2.31. The lowest BCUT2D eigenvalue weighted by atomic mass is 10.1. The van der Waals surface area contributed by atoms with Crippen LogP contribution in [0.15, 0.2) is 24.3 Å². The molecule has 1 aromatic carbocycles. The van der Waals surface area contributed by atoms with Crippen molar-refractivity contribution < 1.29 is 17.9 Å². The smallest absolute Gasteiger partial charge is 0.406 e. The van der Waals surface area contributed by atoms with Gasteiger partial charge < -0.3 is 10.1 Å². The molecule has 0 fully saturated rings. The first-order chi connectivity index (χ1) is 9.31. The van der Waals surface area contributed by atoms with Crippen molar-refractivity contribution in [3.63, 3.8) is 0 Å². The maximum Gasteiger partial charge on any atom is 0.573 e. The Hall–Kier alpha value is -0.880. The number of ether oxygens (including phenoxy) is 1. The average molecular weight is 307 g/mol. The molecule has 0 bridgehead atoms. The minimum Gasteiger partial charge on any atom is -0.406 e. The second kappa shape index (κ2) is 7.78. The minimum atomic E-state index is -4.64. The molecule has 0 aliphatic carbocycles. The molecule has 1 aromatic rings. The van der Waals surface area contributed by atoms with Crippen LogP contribution in [-0.2, 0) is 0 Å². The summed E-state index contributed by atoms with van der Waals surface area (Å²) in [5, 5.41) is 3.41. The topological polar surface area (TPSA) is 21.3 Å². The number of hydrogen-bond donors (Lipinski definition) is 1. The van der Waals surface area contributed by atoms with Crippen LogP contribution in [0.3, 0.4) is 0 Å². The van der Waals surface area contributed by atoms with Crippen LogP contribution in [-0.4, -0.2) is 23.9 Å². The van der Waals surface area contributed by atoms with Gasteiger partial charge in [-0.2, -0.15) is 11.8 Å². The molecule has 20 heavy (non-hydrogen) atoms. The Morgan fingerprint density at radius 3 is 2.30 bits per heavy atom. The van der Waals surface area contributed by atoms with Gasteiger partial charge in [0.15, 0.2) is 0 Å². The van der Waals surface area contributed by atoms with Gasteiger partial charge in [0.25, 0.3) is 0 Å². The number of rotatable bonds is 7. The van der Waals surface area contributed by atoms with Crippen molar-refractivity contribution in [1.82, 2.24) is 5.32 Å². The molecule has 2 atom stereocenters. The second-order valence-corrected chi connectivity index (χ2v) is 5.88. The van der Waals surface area contributed by atoms with Crippen LogP contribution < -0.4 is 10.1 Å². The molecule has 0 aliphatic heterocycles. The zero-order valence-corrected chi connectivity index (χ0v) is 12.6. The van der Waals surface area contributed by atoms with Crippen LogP contribution in [0.25, 0.3) is 0 Å². The molecule has 0 saturated carbocycles. The highest BCUT2D eigenvalue weighted by Crippen LogP contribution is 2.24. The number of hydrogen-bond acceptors (Lipinski definition) is 3. The molecular formula is C14H20F3NOS. The first-order valence-corrected chi connectivity index (χ1v) is 7.66. The van der Waals surface area contributed by atoms with E-state index in [1.165, 1.54) is 12.1 Å². The lowest BCUT2D eigenvalue weighted by molar-refractivity contribution is -0.274. The first kappa shape index (κ1) is 17.2. The standard InChI is InChI=1S/C14H20F3NOS/c1-4-20-9-10(2)18-11(3)12-5-7-13(8-6-12)19-14(15,16)17/h5-8,10-11,18H,4,9H2,1-3H3. The van der Waals surface area contributed by atoms with Crippen LogP contribution in [0.1, 0.15) is 32.4 Å². The largest absolute Gasteiger partial charge is 0.573 e. The summed E-state index contributed by atoms with van der Waals surface area (Å²) in [6, 6.07) is 6.42. The summed E-state index contributed by atoms with van der Waals surface area (Å²) in [7, 11) is 0. The van der Waals surface area contributed by atoms with E-state index in [-0.39, 0.29) is 11.8 Å². The van der Waals surface area contributed by atoms with E-state index in [2.05, 4.69) is 23.9 Å². The number of benzene rings is 1. The van der Waals surface area contributed by atoms with Crippen molar-refractivity contribution in [1.29, 1.82) is 0 Å². The normalized spacial score (nSPS) is 14.9. The maximum absolute atomic E-state index is 12.1. The fourth-order valence-electron chi connectivity index (χ4n) is 1.82. The van der Waals surface area contributed by atoms with Gasteiger partial charge in [-0.05, 0) is 37.3 Å². The molecule has 0 spiro atoms. The summed E-state index contributed by atoms with van der Waals surface area (Å²) in [6.45, 7) is 6.20. The third kappa shape index (κ3) is 6.52. The van der Waals surface area contributed by atoms with Gasteiger partial charge in [-0.3, -0.25) is 0 Å². The molecule has 0 radical (unpaired) electrons. The van der Waals surface area contributed by atoms with Gasteiger partial charge >= 0.3 is 6.36 Å². The van der Waals surface area contributed by atoms with E-state index in [0.29, 0.717) is 6.04 Å². The van der Waals surface area contributed by atoms with Crippen molar-refractivity contribution in [3.8, 4) is 5.75 Å². The highest BCUT2D eigenvalue weighted by molar-refractivity contribution is 7.99. The number of halogens is 3. The molecule has 1 rings (SSSR count). The average Bonchev–Trinajstić information content (AvgIpc) is 2.35. The predicted octanol–water partition coefficient (Wildman–Crippen LogP) is 4.38. The number of alkyl halides is 3. The fraction of sp³-hybridized carbons (Fsp3) is 0.571. The van der Waals surface area contributed by atoms with E-state index < -0.39 is 6.36 Å². The SMILES string of the molecule is CCSCC(C)NC(C)c1ccc(OC(F)(F)F)cc1. The Bertz CT molecular complexity index is 394. The van der Waals surface area contributed by atoms with E-state index in [1.54, 1.807) is 12.1 Å². The Kier molecular flexibility index (Phi) is 6.68. The zero-order chi connectivity index (χ0) is 15.2. The molecular weight excluding hydrogens is 287 g/mol. The van der Waals surface area contributed by atoms with Gasteiger partial charge in [-0.25, -0.2) is 0 Å². The van der Waals surface area contributed by atoms with E-state index in [0.717, 1.165) is 17.1 Å². The summed E-state index contributed by atoms with van der Waals surface area (Å²) >= 11 is 1.85. The lowest BCUT2D eigenvalue weighted by Crippen LogP contribution is -2.30. The van der Waals surface area contributed by atoms with Crippen LogP contribution in [0.2, 0.25) is 0 Å². The van der Waals surface area contributed by atoms with Gasteiger partial charge in [0.05, 0.1) is 0 Å². The van der Waals surface area contributed by atoms with E-state index in [4.69, 9.17) is 0 Å². The quantitative estimate of drug-likeness (QED) is 0.808. The summed E-state index contributed by atoms with van der Waals surface area (Å²) in [4.78, 5) is 0. The monoisotopic (exact) mass is 307 g/mol.